The second-order valence-electron chi connectivity index (χ2n) is 8.42. The van der Waals surface area contributed by atoms with Crippen LogP contribution in [0, 0.1) is 11.3 Å². The Morgan fingerprint density at radius 2 is 1.83 bits per heavy atom. The van der Waals surface area contributed by atoms with Crippen molar-refractivity contribution < 1.29 is 9.53 Å². The number of ether oxygens (including phenoxy) is 1. The minimum atomic E-state index is -0.0123. The number of amides is 1. The topological polar surface area (TPSA) is 82.4 Å². The number of hydrogen-bond acceptors (Lipinski definition) is 6. The van der Waals surface area contributed by atoms with E-state index in [2.05, 4.69) is 16.0 Å². The third-order valence-electron chi connectivity index (χ3n) is 6.32. The summed E-state index contributed by atoms with van der Waals surface area (Å²) in [6.07, 6.45) is 2.50. The highest BCUT2D eigenvalue weighted by Crippen LogP contribution is 2.28. The first kappa shape index (κ1) is 22.4. The van der Waals surface area contributed by atoms with Crippen LogP contribution in [0.4, 0.5) is 5.82 Å². The van der Waals surface area contributed by atoms with Gasteiger partial charge in [0, 0.05) is 43.3 Å². The van der Waals surface area contributed by atoms with Crippen LogP contribution in [0.15, 0.2) is 72.9 Å². The summed E-state index contributed by atoms with van der Waals surface area (Å²) in [6, 6.07) is 23.1. The molecule has 0 aliphatic carbocycles. The van der Waals surface area contributed by atoms with Crippen LogP contribution in [-0.4, -0.2) is 54.1 Å². The molecule has 35 heavy (non-hydrogen) atoms. The van der Waals surface area contributed by atoms with Crippen molar-refractivity contribution in [2.24, 2.45) is 0 Å². The molecule has 0 N–H and O–H groups in total. The maximum absolute atomic E-state index is 13.8. The molecule has 7 nitrogen and oxygen atoms in total. The number of anilines is 1. The minimum Gasteiger partial charge on any atom is -0.497 e. The molecular formula is C28H25N5O2. The molecule has 5 rings (SSSR count). The van der Waals surface area contributed by atoms with Crippen molar-refractivity contribution in [2.75, 3.05) is 38.2 Å². The van der Waals surface area contributed by atoms with Crippen molar-refractivity contribution in [1.82, 2.24) is 14.9 Å². The van der Waals surface area contributed by atoms with Crippen molar-refractivity contribution >= 4 is 22.6 Å². The average molecular weight is 464 g/mol. The first-order valence-corrected chi connectivity index (χ1v) is 11.6. The van der Waals surface area contributed by atoms with Crippen molar-refractivity contribution in [2.45, 2.75) is 6.42 Å². The first-order valence-electron chi connectivity index (χ1n) is 11.6. The molecule has 3 heterocycles. The highest BCUT2D eigenvalue weighted by molar-refractivity contribution is 6.07. The summed E-state index contributed by atoms with van der Waals surface area (Å²) >= 11 is 0. The molecule has 1 aliphatic heterocycles. The zero-order chi connectivity index (χ0) is 24.2. The summed E-state index contributed by atoms with van der Waals surface area (Å²) in [5.41, 5.74) is 3.65. The Bertz CT molecular complexity index is 1410. The van der Waals surface area contributed by atoms with Crippen LogP contribution < -0.4 is 9.64 Å². The van der Waals surface area contributed by atoms with E-state index >= 15 is 0 Å². The lowest BCUT2D eigenvalue weighted by Gasteiger charge is -2.24. The number of nitriles is 1. The largest absolute Gasteiger partial charge is 0.497 e. The van der Waals surface area contributed by atoms with E-state index in [0.717, 1.165) is 40.9 Å². The predicted molar refractivity (Wildman–Crippen MR) is 135 cm³/mol. The maximum atomic E-state index is 13.8. The lowest BCUT2D eigenvalue weighted by Crippen LogP contribution is -2.35. The molecule has 174 valence electrons. The summed E-state index contributed by atoms with van der Waals surface area (Å²) in [4.78, 5) is 27.0. The fourth-order valence-electron chi connectivity index (χ4n) is 4.50. The molecule has 7 heteroatoms. The molecule has 0 bridgehead atoms. The summed E-state index contributed by atoms with van der Waals surface area (Å²) in [7, 11) is 1.64. The van der Waals surface area contributed by atoms with Gasteiger partial charge in [0.25, 0.3) is 5.91 Å². The van der Waals surface area contributed by atoms with E-state index in [1.807, 2.05) is 59.5 Å². The second-order valence-corrected chi connectivity index (χ2v) is 8.42. The van der Waals surface area contributed by atoms with Gasteiger partial charge in [0.15, 0.2) is 0 Å². The Labute approximate surface area is 204 Å². The third-order valence-corrected chi connectivity index (χ3v) is 6.32. The molecule has 0 unspecified atom stereocenters. The number of carbonyl (C=O) groups excluding carboxylic acids is 1. The zero-order valence-corrected chi connectivity index (χ0v) is 19.5. The van der Waals surface area contributed by atoms with Crippen molar-refractivity contribution in [1.29, 1.82) is 5.26 Å². The quantitative estimate of drug-likeness (QED) is 0.442. The molecule has 1 aliphatic rings. The Hall–Kier alpha value is -4.44. The SMILES string of the molecule is COc1ccc(-c2cc(C(=O)N3CCCN(c4ncccc4C#N)CC3)c3ccccc3n2)cc1. The van der Waals surface area contributed by atoms with E-state index in [0.29, 0.717) is 36.6 Å². The molecule has 0 atom stereocenters. The average Bonchev–Trinajstić information content (AvgIpc) is 3.18. The fourth-order valence-corrected chi connectivity index (χ4v) is 4.50. The van der Waals surface area contributed by atoms with E-state index in [4.69, 9.17) is 9.72 Å². The van der Waals surface area contributed by atoms with Gasteiger partial charge in [-0.15, -0.1) is 0 Å². The first-order chi connectivity index (χ1) is 17.2. The van der Waals surface area contributed by atoms with Crippen LogP contribution in [-0.2, 0) is 0 Å². The predicted octanol–water partition coefficient (Wildman–Crippen LogP) is 4.53. The van der Waals surface area contributed by atoms with Gasteiger partial charge < -0.3 is 14.5 Å². The van der Waals surface area contributed by atoms with Crippen LogP contribution in [0.2, 0.25) is 0 Å². The maximum Gasteiger partial charge on any atom is 0.254 e. The number of carbonyl (C=O) groups is 1. The molecule has 1 amide bonds. The van der Waals surface area contributed by atoms with Crippen LogP contribution in [0.5, 0.6) is 5.75 Å². The molecule has 4 aromatic rings. The van der Waals surface area contributed by atoms with Gasteiger partial charge in [0.05, 0.1) is 29.4 Å². The standard InChI is InChI=1S/C28H25N5O2/c1-35-22-11-9-20(10-12-22)26-18-24(23-7-2-3-8-25(23)31-26)28(34)33-15-5-14-32(16-17-33)27-21(19-29)6-4-13-30-27/h2-4,6-13,18H,5,14-17H2,1H3. The normalized spacial score (nSPS) is 13.8. The van der Waals surface area contributed by atoms with Gasteiger partial charge in [-0.25, -0.2) is 9.97 Å². The lowest BCUT2D eigenvalue weighted by atomic mass is 10.0. The number of nitrogens with zero attached hydrogens (tertiary/aromatic N) is 5. The monoisotopic (exact) mass is 463 g/mol. The molecule has 1 fully saturated rings. The minimum absolute atomic E-state index is 0.0123. The van der Waals surface area contributed by atoms with Crippen LogP contribution in [0.25, 0.3) is 22.2 Å². The van der Waals surface area contributed by atoms with Crippen LogP contribution in [0.1, 0.15) is 22.3 Å². The molecule has 0 radical (unpaired) electrons. The van der Waals surface area contributed by atoms with Gasteiger partial charge in [0.2, 0.25) is 0 Å². The molecule has 2 aromatic heterocycles. The van der Waals surface area contributed by atoms with E-state index in [1.54, 1.807) is 25.4 Å². The number of fused-ring (bicyclic) bond motifs is 1. The van der Waals surface area contributed by atoms with Crippen molar-refractivity contribution in [3.05, 3.63) is 84.1 Å². The van der Waals surface area contributed by atoms with Gasteiger partial charge in [-0.3, -0.25) is 4.79 Å². The number of pyridine rings is 2. The summed E-state index contributed by atoms with van der Waals surface area (Å²) in [6.45, 7) is 2.54. The summed E-state index contributed by atoms with van der Waals surface area (Å²) in [5.74, 6) is 1.44. The third kappa shape index (κ3) is 4.51. The van der Waals surface area contributed by atoms with Crippen molar-refractivity contribution in [3.63, 3.8) is 0 Å². The second kappa shape index (κ2) is 9.82. The Balaban J connectivity index is 1.45. The Morgan fingerprint density at radius 1 is 1.00 bits per heavy atom. The summed E-state index contributed by atoms with van der Waals surface area (Å²) < 4.78 is 5.28. The van der Waals surface area contributed by atoms with Crippen LogP contribution >= 0.6 is 0 Å². The molecule has 2 aromatic carbocycles. The highest BCUT2D eigenvalue weighted by Gasteiger charge is 2.24. The fraction of sp³-hybridized carbons (Fsp3) is 0.214. The smallest absolute Gasteiger partial charge is 0.254 e. The summed E-state index contributed by atoms with van der Waals surface area (Å²) in [5, 5.41) is 10.3. The van der Waals surface area contributed by atoms with Crippen molar-refractivity contribution in [3.8, 4) is 23.1 Å². The van der Waals surface area contributed by atoms with E-state index in [-0.39, 0.29) is 5.91 Å². The Morgan fingerprint density at radius 3 is 2.63 bits per heavy atom. The van der Waals surface area contributed by atoms with Gasteiger partial charge in [-0.1, -0.05) is 18.2 Å². The number of hydrogen-bond donors (Lipinski definition) is 0. The number of methoxy groups -OCH3 is 1. The van der Waals surface area contributed by atoms with E-state index < -0.39 is 0 Å². The highest BCUT2D eigenvalue weighted by atomic mass is 16.5. The molecular weight excluding hydrogens is 438 g/mol. The van der Waals surface area contributed by atoms with Gasteiger partial charge in [0.1, 0.15) is 17.6 Å². The number of aromatic nitrogens is 2. The molecule has 0 saturated carbocycles. The number of para-hydroxylation sites is 1. The van der Waals surface area contributed by atoms with E-state index in [1.165, 1.54) is 0 Å². The number of benzene rings is 2. The molecule has 1 saturated heterocycles. The number of rotatable bonds is 4. The van der Waals surface area contributed by atoms with Gasteiger partial charge in [-0.2, -0.15) is 5.26 Å². The van der Waals surface area contributed by atoms with Gasteiger partial charge in [-0.05, 0) is 55.0 Å². The lowest BCUT2D eigenvalue weighted by molar-refractivity contribution is 0.0769. The Kier molecular flexibility index (Phi) is 6.27. The zero-order valence-electron chi connectivity index (χ0n) is 19.5. The molecule has 0 spiro atoms. The van der Waals surface area contributed by atoms with Crippen LogP contribution in [0.3, 0.4) is 0 Å². The van der Waals surface area contributed by atoms with E-state index in [9.17, 15) is 10.1 Å². The van der Waals surface area contributed by atoms with Gasteiger partial charge >= 0.3 is 0 Å².